The number of rotatable bonds is 5. The number of urea groups is 1. The smallest absolute Gasteiger partial charge is 0.326 e. The predicted octanol–water partition coefficient (Wildman–Crippen LogP) is 0.927. The van der Waals surface area contributed by atoms with Gasteiger partial charge in [0.2, 0.25) is 5.91 Å². The zero-order valence-electron chi connectivity index (χ0n) is 12.7. The first-order valence-electron chi connectivity index (χ1n) is 7.28. The fourth-order valence-electron chi connectivity index (χ4n) is 2.41. The van der Waals surface area contributed by atoms with Gasteiger partial charge in [0.15, 0.2) is 0 Å². The quantitative estimate of drug-likeness (QED) is 0.700. The minimum Gasteiger partial charge on any atom is -0.480 e. The molecular weight excluding hydrogens is 274 g/mol. The molecule has 4 N–H and O–H groups in total. The highest BCUT2D eigenvalue weighted by Crippen LogP contribution is 2.29. The Labute approximate surface area is 124 Å². The Morgan fingerprint density at radius 2 is 1.95 bits per heavy atom. The lowest BCUT2D eigenvalue weighted by atomic mass is 9.85. The second kappa shape index (κ2) is 7.28. The molecule has 0 aromatic heterocycles. The molecule has 1 aliphatic heterocycles. The summed E-state index contributed by atoms with van der Waals surface area (Å²) in [4.78, 5) is 35.7. The molecule has 0 aliphatic carbocycles. The highest BCUT2D eigenvalue weighted by atomic mass is 16.4. The van der Waals surface area contributed by atoms with Crippen LogP contribution in [0.3, 0.4) is 0 Å². The van der Waals surface area contributed by atoms with Gasteiger partial charge in [0.1, 0.15) is 6.04 Å². The molecule has 0 aromatic rings. The van der Waals surface area contributed by atoms with E-state index >= 15 is 0 Å². The van der Waals surface area contributed by atoms with Crippen LogP contribution in [0.4, 0.5) is 4.79 Å². The number of nitrogens with one attached hydrogen (secondary N) is 1. The number of carboxylic acid groups (broad SMARTS) is 1. The fourth-order valence-corrected chi connectivity index (χ4v) is 2.41. The lowest BCUT2D eigenvalue weighted by Crippen LogP contribution is -2.48. The van der Waals surface area contributed by atoms with Crippen LogP contribution in [0.1, 0.15) is 46.0 Å². The van der Waals surface area contributed by atoms with E-state index in [4.69, 9.17) is 10.8 Å². The van der Waals surface area contributed by atoms with Gasteiger partial charge in [-0.3, -0.25) is 4.79 Å². The molecule has 1 saturated heterocycles. The van der Waals surface area contributed by atoms with Gasteiger partial charge in [0, 0.05) is 19.5 Å². The van der Waals surface area contributed by atoms with Crippen molar-refractivity contribution < 1.29 is 19.5 Å². The van der Waals surface area contributed by atoms with E-state index in [9.17, 15) is 14.4 Å². The zero-order valence-corrected chi connectivity index (χ0v) is 12.7. The lowest BCUT2D eigenvalue weighted by molar-refractivity contribution is -0.139. The van der Waals surface area contributed by atoms with Crippen molar-refractivity contribution in [2.75, 3.05) is 13.1 Å². The molecule has 3 amide bonds. The lowest BCUT2D eigenvalue weighted by Gasteiger charge is -2.25. The Morgan fingerprint density at radius 1 is 1.29 bits per heavy atom. The van der Waals surface area contributed by atoms with Gasteiger partial charge in [-0.15, -0.1) is 0 Å². The minimum absolute atomic E-state index is 0.00966. The van der Waals surface area contributed by atoms with Gasteiger partial charge in [-0.2, -0.15) is 0 Å². The molecule has 1 rings (SSSR count). The van der Waals surface area contributed by atoms with E-state index in [0.29, 0.717) is 13.1 Å². The van der Waals surface area contributed by atoms with E-state index in [1.807, 2.05) is 0 Å². The maximum Gasteiger partial charge on any atom is 0.326 e. The molecule has 1 fully saturated rings. The number of aliphatic carboxylic acids is 1. The Kier molecular flexibility index (Phi) is 5.99. The molecular formula is C14H25N3O4. The first-order chi connectivity index (χ1) is 9.71. The number of carboxylic acids is 1. The van der Waals surface area contributed by atoms with Crippen LogP contribution >= 0.6 is 0 Å². The number of hydrogen-bond acceptors (Lipinski definition) is 3. The van der Waals surface area contributed by atoms with Crippen molar-refractivity contribution in [3.63, 3.8) is 0 Å². The van der Waals surface area contributed by atoms with E-state index in [1.165, 1.54) is 0 Å². The second-order valence-corrected chi connectivity index (χ2v) is 6.35. The van der Waals surface area contributed by atoms with Crippen molar-refractivity contribution in [2.24, 2.45) is 11.1 Å². The van der Waals surface area contributed by atoms with Gasteiger partial charge >= 0.3 is 12.0 Å². The third-order valence-electron chi connectivity index (χ3n) is 3.90. The highest BCUT2D eigenvalue weighted by molar-refractivity contribution is 5.83. The van der Waals surface area contributed by atoms with Gasteiger partial charge in [-0.25, -0.2) is 9.59 Å². The average molecular weight is 299 g/mol. The predicted molar refractivity (Wildman–Crippen MR) is 77.6 cm³/mol. The second-order valence-electron chi connectivity index (χ2n) is 6.35. The van der Waals surface area contributed by atoms with Crippen LogP contribution in [-0.2, 0) is 9.59 Å². The standard InChI is InChI=1S/C14H25N3O4/c1-14(2)6-3-8-17(9-7-14)13(21)16-10(12(19)20)4-5-11(15)18/h10H,3-9H2,1-2H3,(H2,15,18)(H,16,21)(H,19,20)/t10-/m1/s1. The van der Waals surface area contributed by atoms with Gasteiger partial charge in [-0.05, 0) is 31.1 Å². The summed E-state index contributed by atoms with van der Waals surface area (Å²) >= 11 is 0. The largest absolute Gasteiger partial charge is 0.480 e. The van der Waals surface area contributed by atoms with E-state index in [1.54, 1.807) is 4.90 Å². The van der Waals surface area contributed by atoms with E-state index in [2.05, 4.69) is 19.2 Å². The molecule has 7 heteroatoms. The Hall–Kier alpha value is -1.79. The van der Waals surface area contributed by atoms with Gasteiger partial charge in [0.25, 0.3) is 0 Å². The third kappa shape index (κ3) is 6.01. The van der Waals surface area contributed by atoms with Crippen LogP contribution in [0.25, 0.3) is 0 Å². The third-order valence-corrected chi connectivity index (χ3v) is 3.90. The molecule has 1 atom stereocenters. The van der Waals surface area contributed by atoms with Crippen molar-refractivity contribution in [1.82, 2.24) is 10.2 Å². The van der Waals surface area contributed by atoms with Gasteiger partial charge < -0.3 is 21.1 Å². The SMILES string of the molecule is CC1(C)CCCN(C(=O)N[C@H](CCC(N)=O)C(=O)O)CC1. The van der Waals surface area contributed by atoms with Crippen molar-refractivity contribution >= 4 is 17.9 Å². The van der Waals surface area contributed by atoms with Gasteiger partial charge in [0.05, 0.1) is 0 Å². The van der Waals surface area contributed by atoms with E-state index in [0.717, 1.165) is 19.3 Å². The van der Waals surface area contributed by atoms with Crippen LogP contribution in [0.15, 0.2) is 0 Å². The fraction of sp³-hybridized carbons (Fsp3) is 0.786. The summed E-state index contributed by atoms with van der Waals surface area (Å²) in [5, 5.41) is 11.6. The van der Waals surface area contributed by atoms with Crippen LogP contribution in [0.5, 0.6) is 0 Å². The molecule has 0 spiro atoms. The van der Waals surface area contributed by atoms with Crippen LogP contribution < -0.4 is 11.1 Å². The molecule has 7 nitrogen and oxygen atoms in total. The molecule has 21 heavy (non-hydrogen) atoms. The normalized spacial score (nSPS) is 19.4. The first kappa shape index (κ1) is 17.3. The maximum atomic E-state index is 12.2. The monoisotopic (exact) mass is 299 g/mol. The van der Waals surface area contributed by atoms with Crippen LogP contribution in [0.2, 0.25) is 0 Å². The summed E-state index contributed by atoms with van der Waals surface area (Å²) in [7, 11) is 0. The summed E-state index contributed by atoms with van der Waals surface area (Å²) in [5.74, 6) is -1.73. The van der Waals surface area contributed by atoms with Crippen LogP contribution in [0, 0.1) is 5.41 Å². The Bertz CT molecular complexity index is 409. The summed E-state index contributed by atoms with van der Waals surface area (Å²) in [6.07, 6.45) is 2.78. The van der Waals surface area contributed by atoms with Crippen LogP contribution in [-0.4, -0.2) is 47.0 Å². The highest BCUT2D eigenvalue weighted by Gasteiger charge is 2.28. The molecule has 0 aromatic carbocycles. The van der Waals surface area contributed by atoms with Crippen molar-refractivity contribution in [1.29, 1.82) is 0 Å². The number of carbonyl (C=O) groups excluding carboxylic acids is 2. The number of hydrogen-bond donors (Lipinski definition) is 3. The molecule has 0 bridgehead atoms. The summed E-state index contributed by atoms with van der Waals surface area (Å²) in [6.45, 7) is 5.57. The number of nitrogens with zero attached hydrogens (tertiary/aromatic N) is 1. The number of amides is 3. The molecule has 0 saturated carbocycles. The van der Waals surface area contributed by atoms with E-state index < -0.39 is 17.9 Å². The maximum absolute atomic E-state index is 12.2. The Morgan fingerprint density at radius 3 is 2.52 bits per heavy atom. The number of carbonyl (C=O) groups is 3. The van der Waals surface area contributed by atoms with E-state index in [-0.39, 0.29) is 24.3 Å². The minimum atomic E-state index is -1.15. The molecule has 0 unspecified atom stereocenters. The number of nitrogens with two attached hydrogens (primary N) is 1. The first-order valence-corrected chi connectivity index (χ1v) is 7.28. The van der Waals surface area contributed by atoms with Crippen molar-refractivity contribution in [2.45, 2.75) is 52.0 Å². The molecule has 1 aliphatic rings. The average Bonchev–Trinajstić information content (AvgIpc) is 2.54. The van der Waals surface area contributed by atoms with Crippen molar-refractivity contribution in [3.05, 3.63) is 0 Å². The topological polar surface area (TPSA) is 113 Å². The summed E-state index contributed by atoms with van der Waals surface area (Å²) in [6, 6.07) is -1.47. The zero-order chi connectivity index (χ0) is 16.0. The van der Waals surface area contributed by atoms with Crippen molar-refractivity contribution in [3.8, 4) is 0 Å². The molecule has 0 radical (unpaired) electrons. The molecule has 120 valence electrons. The summed E-state index contributed by atoms with van der Waals surface area (Å²) in [5.41, 5.74) is 5.21. The summed E-state index contributed by atoms with van der Waals surface area (Å²) < 4.78 is 0. The number of primary amides is 1. The van der Waals surface area contributed by atoms with Gasteiger partial charge in [-0.1, -0.05) is 13.8 Å². The number of likely N-dealkylation sites (tertiary alicyclic amines) is 1. The molecule has 1 heterocycles. The Balaban J connectivity index is 2.56.